The van der Waals surface area contributed by atoms with Gasteiger partial charge in [-0.1, -0.05) is 0 Å². The summed E-state index contributed by atoms with van der Waals surface area (Å²) in [7, 11) is 0. The van der Waals surface area contributed by atoms with E-state index in [-0.39, 0.29) is 24.4 Å². The molecule has 18 heavy (non-hydrogen) atoms. The fourth-order valence-electron chi connectivity index (χ4n) is 1.76. The van der Waals surface area contributed by atoms with E-state index in [4.69, 9.17) is 10.5 Å². The molecule has 1 aliphatic rings. The van der Waals surface area contributed by atoms with E-state index in [1.807, 2.05) is 13.0 Å². The first-order valence-corrected chi connectivity index (χ1v) is 6.71. The molecule has 1 amide bonds. The van der Waals surface area contributed by atoms with Gasteiger partial charge in [0.25, 0.3) is 5.91 Å². The Morgan fingerprint density at radius 2 is 2.44 bits per heavy atom. The SMILES string of the molecule is CC(N)CCNC(=O)c1cc2c(s1)CCOC2.Cl. The fraction of sp³-hybridized carbons (Fsp3) is 0.583. The first kappa shape index (κ1) is 15.4. The summed E-state index contributed by atoms with van der Waals surface area (Å²) in [6.07, 6.45) is 1.73. The molecule has 4 nitrogen and oxygen atoms in total. The van der Waals surface area contributed by atoms with Gasteiger partial charge in [0.1, 0.15) is 0 Å². The van der Waals surface area contributed by atoms with Crippen molar-refractivity contribution in [2.75, 3.05) is 13.2 Å². The zero-order chi connectivity index (χ0) is 12.3. The molecule has 0 aliphatic carbocycles. The second-order valence-electron chi connectivity index (χ2n) is 4.38. The molecule has 0 radical (unpaired) electrons. The summed E-state index contributed by atoms with van der Waals surface area (Å²) in [5.74, 6) is 0.00468. The van der Waals surface area contributed by atoms with Crippen molar-refractivity contribution in [3.63, 3.8) is 0 Å². The number of carbonyl (C=O) groups is 1. The molecule has 0 bridgehead atoms. The lowest BCUT2D eigenvalue weighted by molar-refractivity contribution is 0.0956. The predicted molar refractivity (Wildman–Crippen MR) is 75.5 cm³/mol. The highest BCUT2D eigenvalue weighted by atomic mass is 35.5. The average Bonchev–Trinajstić information content (AvgIpc) is 2.71. The lowest BCUT2D eigenvalue weighted by Crippen LogP contribution is -2.28. The molecule has 6 heteroatoms. The minimum Gasteiger partial charge on any atom is -0.376 e. The van der Waals surface area contributed by atoms with Gasteiger partial charge in [0.2, 0.25) is 0 Å². The molecule has 0 fully saturated rings. The van der Waals surface area contributed by atoms with Gasteiger partial charge in [-0.3, -0.25) is 4.79 Å². The number of ether oxygens (including phenoxy) is 1. The van der Waals surface area contributed by atoms with Gasteiger partial charge in [-0.2, -0.15) is 0 Å². The highest BCUT2D eigenvalue weighted by Gasteiger charge is 2.17. The molecule has 1 aromatic rings. The van der Waals surface area contributed by atoms with E-state index >= 15 is 0 Å². The van der Waals surface area contributed by atoms with E-state index in [0.717, 1.165) is 24.3 Å². The standard InChI is InChI=1S/C12H18N2O2S.ClH/c1-8(13)2-4-14-12(15)11-6-9-7-16-5-3-10(9)17-11;/h6,8H,2-5,7,13H2,1H3,(H,14,15);1H. The third-order valence-electron chi connectivity index (χ3n) is 2.74. The van der Waals surface area contributed by atoms with Gasteiger partial charge in [-0.05, 0) is 25.0 Å². The highest BCUT2D eigenvalue weighted by Crippen LogP contribution is 2.26. The van der Waals surface area contributed by atoms with Crippen LogP contribution < -0.4 is 11.1 Å². The van der Waals surface area contributed by atoms with E-state index < -0.39 is 0 Å². The van der Waals surface area contributed by atoms with Crippen LogP contribution in [0.4, 0.5) is 0 Å². The van der Waals surface area contributed by atoms with Crippen LogP contribution in [0.1, 0.15) is 33.5 Å². The first-order valence-electron chi connectivity index (χ1n) is 5.90. The van der Waals surface area contributed by atoms with E-state index in [0.29, 0.717) is 13.2 Å². The lowest BCUT2D eigenvalue weighted by atomic mass is 10.2. The quantitative estimate of drug-likeness (QED) is 0.887. The Bertz CT molecular complexity index is 383. The van der Waals surface area contributed by atoms with Crippen LogP contribution in [0.2, 0.25) is 0 Å². The molecular formula is C12H19ClN2O2S. The van der Waals surface area contributed by atoms with Crippen LogP contribution in [0.3, 0.4) is 0 Å². The van der Waals surface area contributed by atoms with Crippen molar-refractivity contribution >= 4 is 29.7 Å². The molecule has 0 saturated carbocycles. The molecule has 0 saturated heterocycles. The predicted octanol–water partition coefficient (Wildman–Crippen LogP) is 1.71. The maximum absolute atomic E-state index is 11.9. The van der Waals surface area contributed by atoms with Crippen molar-refractivity contribution in [1.29, 1.82) is 0 Å². The summed E-state index contributed by atoms with van der Waals surface area (Å²) in [6.45, 7) is 3.97. The smallest absolute Gasteiger partial charge is 0.261 e. The molecular weight excluding hydrogens is 272 g/mol. The Morgan fingerprint density at radius 1 is 1.67 bits per heavy atom. The van der Waals surface area contributed by atoms with E-state index in [9.17, 15) is 4.79 Å². The Morgan fingerprint density at radius 3 is 3.11 bits per heavy atom. The van der Waals surface area contributed by atoms with Gasteiger partial charge < -0.3 is 15.8 Å². The van der Waals surface area contributed by atoms with Gasteiger partial charge in [-0.25, -0.2) is 0 Å². The fourth-order valence-corrected chi connectivity index (χ4v) is 2.83. The number of fused-ring (bicyclic) bond motifs is 1. The zero-order valence-corrected chi connectivity index (χ0v) is 12.0. The highest BCUT2D eigenvalue weighted by molar-refractivity contribution is 7.14. The number of amides is 1. The molecule has 0 spiro atoms. The van der Waals surface area contributed by atoms with Crippen molar-refractivity contribution in [2.24, 2.45) is 5.73 Å². The van der Waals surface area contributed by atoms with Crippen molar-refractivity contribution in [3.8, 4) is 0 Å². The zero-order valence-electron chi connectivity index (χ0n) is 10.4. The van der Waals surface area contributed by atoms with Crippen LogP contribution in [-0.4, -0.2) is 25.1 Å². The first-order chi connectivity index (χ1) is 8.16. The molecule has 1 unspecified atom stereocenters. The van der Waals surface area contributed by atoms with E-state index in [1.54, 1.807) is 11.3 Å². The minimum atomic E-state index is 0. The number of nitrogens with one attached hydrogen (secondary N) is 1. The Labute approximate surface area is 117 Å². The number of hydrogen-bond donors (Lipinski definition) is 2. The number of hydrogen-bond acceptors (Lipinski definition) is 4. The van der Waals surface area contributed by atoms with Crippen LogP contribution >= 0.6 is 23.7 Å². The summed E-state index contributed by atoms with van der Waals surface area (Å²) < 4.78 is 5.36. The number of nitrogens with two attached hydrogens (primary N) is 1. The molecule has 102 valence electrons. The Balaban J connectivity index is 0.00000162. The monoisotopic (exact) mass is 290 g/mol. The van der Waals surface area contributed by atoms with Gasteiger partial charge in [0.05, 0.1) is 18.1 Å². The summed E-state index contributed by atoms with van der Waals surface area (Å²) in [5, 5.41) is 2.89. The second kappa shape index (κ2) is 7.09. The molecule has 2 rings (SSSR count). The second-order valence-corrected chi connectivity index (χ2v) is 5.52. The molecule has 2 heterocycles. The van der Waals surface area contributed by atoms with Gasteiger partial charge in [0.15, 0.2) is 0 Å². The molecule has 3 N–H and O–H groups in total. The van der Waals surface area contributed by atoms with E-state index in [1.165, 1.54) is 10.4 Å². The van der Waals surface area contributed by atoms with Gasteiger partial charge >= 0.3 is 0 Å². The van der Waals surface area contributed by atoms with Crippen molar-refractivity contribution < 1.29 is 9.53 Å². The summed E-state index contributed by atoms with van der Waals surface area (Å²) in [5.41, 5.74) is 6.80. The Kier molecular flexibility index (Phi) is 6.08. The summed E-state index contributed by atoms with van der Waals surface area (Å²) >= 11 is 1.58. The van der Waals surface area contributed by atoms with Crippen molar-refractivity contribution in [3.05, 3.63) is 21.4 Å². The molecule has 1 atom stereocenters. The van der Waals surface area contributed by atoms with E-state index in [2.05, 4.69) is 5.32 Å². The van der Waals surface area contributed by atoms with Gasteiger partial charge in [-0.15, -0.1) is 23.7 Å². The molecule has 0 aromatic carbocycles. The number of halogens is 1. The minimum absolute atomic E-state index is 0. The van der Waals surface area contributed by atoms with Crippen LogP contribution in [-0.2, 0) is 17.8 Å². The average molecular weight is 291 g/mol. The number of thiophene rings is 1. The van der Waals surface area contributed by atoms with Crippen LogP contribution in [0.25, 0.3) is 0 Å². The van der Waals surface area contributed by atoms with Gasteiger partial charge in [0, 0.05) is 23.9 Å². The third-order valence-corrected chi connectivity index (χ3v) is 3.97. The lowest BCUT2D eigenvalue weighted by Gasteiger charge is -2.10. The normalized spacial score (nSPS) is 15.4. The van der Waals surface area contributed by atoms with Crippen molar-refractivity contribution in [1.82, 2.24) is 5.32 Å². The van der Waals surface area contributed by atoms with Crippen LogP contribution in [0, 0.1) is 0 Å². The largest absolute Gasteiger partial charge is 0.376 e. The van der Waals surface area contributed by atoms with Crippen LogP contribution in [0.15, 0.2) is 6.07 Å². The van der Waals surface area contributed by atoms with Crippen LogP contribution in [0.5, 0.6) is 0 Å². The third kappa shape index (κ3) is 3.95. The number of carbonyl (C=O) groups excluding carboxylic acids is 1. The summed E-state index contributed by atoms with van der Waals surface area (Å²) in [4.78, 5) is 13.9. The summed E-state index contributed by atoms with van der Waals surface area (Å²) in [6, 6.07) is 2.07. The van der Waals surface area contributed by atoms with Crippen molar-refractivity contribution in [2.45, 2.75) is 32.4 Å². The Hall–Kier alpha value is -0.620. The molecule has 1 aromatic heterocycles. The molecule has 1 aliphatic heterocycles. The number of rotatable bonds is 4. The maximum atomic E-state index is 11.9. The maximum Gasteiger partial charge on any atom is 0.261 e. The topological polar surface area (TPSA) is 64.3 Å².